The van der Waals surface area contributed by atoms with E-state index in [4.69, 9.17) is 15.2 Å². The van der Waals surface area contributed by atoms with E-state index in [0.29, 0.717) is 36.3 Å². The maximum Gasteiger partial charge on any atom is 0.276 e. The highest BCUT2D eigenvalue weighted by Crippen LogP contribution is 2.34. The quantitative estimate of drug-likeness (QED) is 0.547. The van der Waals surface area contributed by atoms with Crippen molar-refractivity contribution in [3.05, 3.63) is 27.8 Å². The third kappa shape index (κ3) is 4.98. The van der Waals surface area contributed by atoms with Crippen LogP contribution in [0.2, 0.25) is 0 Å². The van der Waals surface area contributed by atoms with Crippen LogP contribution in [0.15, 0.2) is 12.1 Å². The van der Waals surface area contributed by atoms with E-state index in [2.05, 4.69) is 5.32 Å². The van der Waals surface area contributed by atoms with Crippen molar-refractivity contribution in [3.63, 3.8) is 0 Å². The van der Waals surface area contributed by atoms with Gasteiger partial charge in [0.25, 0.3) is 5.69 Å². The Morgan fingerprint density at radius 2 is 1.81 bits per heavy atom. The Morgan fingerprint density at radius 1 is 1.23 bits per heavy atom. The number of carbonyl (C=O) groups excluding carboxylic acids is 1. The molecule has 8 nitrogen and oxygen atoms in total. The summed E-state index contributed by atoms with van der Waals surface area (Å²) in [7, 11) is 2.89. The molecular weight excluding hydrogens is 362 g/mol. The van der Waals surface area contributed by atoms with Crippen molar-refractivity contribution in [3.8, 4) is 11.5 Å². The molecule has 0 aliphatic heterocycles. The van der Waals surface area contributed by atoms with Crippen molar-refractivity contribution in [2.24, 2.45) is 5.73 Å². The van der Waals surface area contributed by atoms with Crippen LogP contribution in [0.4, 0.5) is 5.69 Å². The lowest BCUT2D eigenvalue weighted by atomic mass is 9.82. The summed E-state index contributed by atoms with van der Waals surface area (Å²) in [5, 5.41) is 14.1. The van der Waals surface area contributed by atoms with Gasteiger partial charge in [0.2, 0.25) is 5.91 Å². The summed E-state index contributed by atoms with van der Waals surface area (Å²) in [5.74, 6) is 0.525. The van der Waals surface area contributed by atoms with E-state index in [1.807, 2.05) is 0 Å². The highest BCUT2D eigenvalue weighted by Gasteiger charge is 2.35. The van der Waals surface area contributed by atoms with Crippen molar-refractivity contribution < 1.29 is 19.2 Å². The SMILES string of the molecule is COc1cc(CCNC(=O)C2(N)CCCCC2)c([N+](=O)[O-])cc1OC.Cl. The second-order valence-electron chi connectivity index (χ2n) is 6.32. The number of nitrogens with one attached hydrogen (secondary N) is 1. The van der Waals surface area contributed by atoms with Gasteiger partial charge >= 0.3 is 0 Å². The number of rotatable bonds is 7. The average Bonchev–Trinajstić information content (AvgIpc) is 2.61. The fraction of sp³-hybridized carbons (Fsp3) is 0.588. The van der Waals surface area contributed by atoms with E-state index >= 15 is 0 Å². The summed E-state index contributed by atoms with van der Waals surface area (Å²) in [4.78, 5) is 23.2. The van der Waals surface area contributed by atoms with Gasteiger partial charge in [0.1, 0.15) is 0 Å². The molecule has 1 aliphatic rings. The highest BCUT2D eigenvalue weighted by molar-refractivity contribution is 5.86. The lowest BCUT2D eigenvalue weighted by Gasteiger charge is -2.31. The Hall–Kier alpha value is -2.06. The van der Waals surface area contributed by atoms with Crippen LogP contribution in [0, 0.1) is 10.1 Å². The third-order valence-electron chi connectivity index (χ3n) is 4.66. The zero-order valence-corrected chi connectivity index (χ0v) is 15.9. The van der Waals surface area contributed by atoms with Crippen LogP contribution in [0.25, 0.3) is 0 Å². The molecule has 0 saturated heterocycles. The fourth-order valence-electron chi connectivity index (χ4n) is 3.18. The van der Waals surface area contributed by atoms with E-state index in [1.165, 1.54) is 20.3 Å². The van der Waals surface area contributed by atoms with Crippen molar-refractivity contribution in [2.75, 3.05) is 20.8 Å². The molecule has 2 rings (SSSR count). The molecule has 9 heteroatoms. The van der Waals surface area contributed by atoms with Gasteiger partial charge in [0.15, 0.2) is 11.5 Å². The number of nitro groups is 1. The third-order valence-corrected chi connectivity index (χ3v) is 4.66. The minimum absolute atomic E-state index is 0. The first-order valence-corrected chi connectivity index (χ1v) is 8.38. The van der Waals surface area contributed by atoms with E-state index in [-0.39, 0.29) is 30.5 Å². The molecule has 0 aromatic heterocycles. The number of carbonyl (C=O) groups is 1. The molecule has 0 heterocycles. The van der Waals surface area contributed by atoms with Gasteiger partial charge in [-0.05, 0) is 25.3 Å². The summed E-state index contributed by atoms with van der Waals surface area (Å²) in [6.45, 7) is 0.272. The van der Waals surface area contributed by atoms with Gasteiger partial charge in [0.05, 0.1) is 30.7 Å². The molecule has 1 amide bonds. The van der Waals surface area contributed by atoms with Crippen LogP contribution in [0.1, 0.15) is 37.7 Å². The molecule has 0 bridgehead atoms. The van der Waals surface area contributed by atoms with Crippen LogP contribution in [0.5, 0.6) is 11.5 Å². The normalized spacial score (nSPS) is 15.5. The van der Waals surface area contributed by atoms with E-state index in [0.717, 1.165) is 19.3 Å². The van der Waals surface area contributed by atoms with Crippen LogP contribution >= 0.6 is 12.4 Å². The molecule has 0 unspecified atom stereocenters. The van der Waals surface area contributed by atoms with Gasteiger partial charge in [-0.25, -0.2) is 0 Å². The van der Waals surface area contributed by atoms with Crippen LogP contribution in [0.3, 0.4) is 0 Å². The molecule has 1 saturated carbocycles. The number of nitro benzene ring substituents is 1. The van der Waals surface area contributed by atoms with Crippen molar-refractivity contribution in [1.82, 2.24) is 5.32 Å². The predicted molar refractivity (Wildman–Crippen MR) is 100 cm³/mol. The number of methoxy groups -OCH3 is 2. The van der Waals surface area contributed by atoms with E-state index in [9.17, 15) is 14.9 Å². The number of hydrogen-bond donors (Lipinski definition) is 2. The summed E-state index contributed by atoms with van der Waals surface area (Å²) in [5.41, 5.74) is 5.78. The molecule has 1 aromatic rings. The minimum Gasteiger partial charge on any atom is -0.493 e. The van der Waals surface area contributed by atoms with Crippen LogP contribution < -0.4 is 20.5 Å². The van der Waals surface area contributed by atoms with Gasteiger partial charge in [-0.3, -0.25) is 14.9 Å². The topological polar surface area (TPSA) is 117 Å². The first-order valence-electron chi connectivity index (χ1n) is 8.38. The van der Waals surface area contributed by atoms with Gasteiger partial charge in [-0.2, -0.15) is 0 Å². The van der Waals surface area contributed by atoms with Crippen molar-refractivity contribution in [1.29, 1.82) is 0 Å². The maximum atomic E-state index is 12.3. The molecule has 1 aliphatic carbocycles. The Labute approximate surface area is 159 Å². The minimum atomic E-state index is -0.818. The summed E-state index contributed by atoms with van der Waals surface area (Å²) in [6, 6.07) is 2.91. The number of ether oxygens (including phenoxy) is 2. The molecule has 1 aromatic carbocycles. The fourth-order valence-corrected chi connectivity index (χ4v) is 3.18. The molecule has 1 fully saturated rings. The van der Waals surface area contributed by atoms with Crippen LogP contribution in [-0.4, -0.2) is 37.1 Å². The summed E-state index contributed by atoms with van der Waals surface area (Å²) in [6.07, 6.45) is 4.66. The lowest BCUT2D eigenvalue weighted by Crippen LogP contribution is -2.55. The number of nitrogens with two attached hydrogens (primary N) is 1. The Kier molecular flexibility index (Phi) is 8.10. The largest absolute Gasteiger partial charge is 0.493 e. The number of halogens is 1. The standard InChI is InChI=1S/C17H25N3O5.ClH/c1-24-14-10-12(13(20(22)23)11-15(14)25-2)6-9-19-16(21)17(18)7-4-3-5-8-17;/h10-11H,3-9,18H2,1-2H3,(H,19,21);1H. The monoisotopic (exact) mass is 387 g/mol. The Morgan fingerprint density at radius 3 is 2.35 bits per heavy atom. The number of hydrogen-bond acceptors (Lipinski definition) is 6. The maximum absolute atomic E-state index is 12.3. The molecule has 0 atom stereocenters. The predicted octanol–water partition coefficient (Wildman–Crippen LogP) is 2.35. The lowest BCUT2D eigenvalue weighted by molar-refractivity contribution is -0.385. The average molecular weight is 388 g/mol. The number of benzene rings is 1. The van der Waals surface area contributed by atoms with Gasteiger partial charge in [-0.1, -0.05) is 19.3 Å². The first-order chi connectivity index (χ1) is 11.9. The second-order valence-corrected chi connectivity index (χ2v) is 6.32. The molecular formula is C17H26ClN3O5. The first kappa shape index (κ1) is 22.0. The zero-order valence-electron chi connectivity index (χ0n) is 15.1. The summed E-state index contributed by atoms with van der Waals surface area (Å²) >= 11 is 0. The van der Waals surface area contributed by atoms with Gasteiger partial charge < -0.3 is 20.5 Å². The Balaban J connectivity index is 0.00000338. The number of amides is 1. The number of nitrogens with zero attached hydrogens (tertiary/aromatic N) is 1. The smallest absolute Gasteiger partial charge is 0.276 e. The molecule has 146 valence electrons. The van der Waals surface area contributed by atoms with E-state index in [1.54, 1.807) is 6.07 Å². The van der Waals surface area contributed by atoms with E-state index < -0.39 is 10.5 Å². The molecule has 26 heavy (non-hydrogen) atoms. The summed E-state index contributed by atoms with van der Waals surface area (Å²) < 4.78 is 10.3. The van der Waals surface area contributed by atoms with Crippen molar-refractivity contribution in [2.45, 2.75) is 44.1 Å². The van der Waals surface area contributed by atoms with Crippen LogP contribution in [-0.2, 0) is 11.2 Å². The molecule has 0 spiro atoms. The molecule has 0 radical (unpaired) electrons. The molecule has 3 N–H and O–H groups in total. The van der Waals surface area contributed by atoms with Crippen molar-refractivity contribution >= 4 is 24.0 Å². The second kappa shape index (κ2) is 9.59. The zero-order chi connectivity index (χ0) is 18.4. The highest BCUT2D eigenvalue weighted by atomic mass is 35.5. The van der Waals surface area contributed by atoms with Gasteiger partial charge in [0, 0.05) is 12.1 Å². The van der Waals surface area contributed by atoms with Gasteiger partial charge in [-0.15, -0.1) is 12.4 Å². The Bertz CT molecular complexity index is 648.